The third kappa shape index (κ3) is 3.76. The van der Waals surface area contributed by atoms with Crippen LogP contribution in [0.4, 0.5) is 10.5 Å². The van der Waals surface area contributed by atoms with Crippen LogP contribution in [0.3, 0.4) is 0 Å². The fourth-order valence-electron chi connectivity index (χ4n) is 2.89. The van der Waals surface area contributed by atoms with E-state index in [9.17, 15) is 9.59 Å². The molecule has 5 nitrogen and oxygen atoms in total. The molecule has 1 saturated heterocycles. The number of urea groups is 1. The summed E-state index contributed by atoms with van der Waals surface area (Å²) in [4.78, 5) is 26.6. The lowest BCUT2D eigenvalue weighted by Gasteiger charge is -2.30. The highest BCUT2D eigenvalue weighted by atomic mass is 32.1. The number of benzene rings is 1. The molecule has 1 unspecified atom stereocenters. The van der Waals surface area contributed by atoms with Crippen LogP contribution in [0.1, 0.15) is 18.4 Å². The van der Waals surface area contributed by atoms with E-state index in [0.29, 0.717) is 19.4 Å². The molecule has 2 heterocycles. The van der Waals surface area contributed by atoms with Crippen LogP contribution in [0.5, 0.6) is 0 Å². The molecule has 1 aliphatic rings. The number of aryl methyl sites for hydroxylation is 1. The zero-order valence-corrected chi connectivity index (χ0v) is 14.7. The summed E-state index contributed by atoms with van der Waals surface area (Å²) in [5.74, 6) is 0.132. The lowest BCUT2D eigenvalue weighted by Crippen LogP contribution is -2.49. The van der Waals surface area contributed by atoms with Gasteiger partial charge in [0.15, 0.2) is 0 Å². The minimum absolute atomic E-state index is 0.00424. The van der Waals surface area contributed by atoms with E-state index in [1.165, 1.54) is 10.4 Å². The van der Waals surface area contributed by atoms with Crippen molar-refractivity contribution in [1.29, 1.82) is 0 Å². The molecule has 1 aromatic carbocycles. The van der Waals surface area contributed by atoms with Crippen LogP contribution in [-0.4, -0.2) is 36.5 Å². The number of carbonyl (C=O) groups is 2. The fraction of sp³-hybridized carbons (Fsp3) is 0.333. The second-order valence-corrected chi connectivity index (χ2v) is 7.04. The zero-order valence-electron chi connectivity index (χ0n) is 13.8. The highest BCUT2D eigenvalue weighted by Gasteiger charge is 2.23. The maximum atomic E-state index is 12.2. The third-order valence-corrected chi connectivity index (χ3v) is 5.27. The first-order valence-electron chi connectivity index (χ1n) is 7.99. The smallest absolute Gasteiger partial charge is 0.319 e. The minimum Gasteiger partial charge on any atom is -0.344 e. The lowest BCUT2D eigenvalue weighted by atomic mass is 10.1. The summed E-state index contributed by atoms with van der Waals surface area (Å²) in [7, 11) is 1.76. The van der Waals surface area contributed by atoms with Crippen molar-refractivity contribution < 1.29 is 9.59 Å². The Kier molecular flexibility index (Phi) is 4.85. The number of likely N-dealkylation sites (tertiary alicyclic amines) is 1. The summed E-state index contributed by atoms with van der Waals surface area (Å²) in [6.07, 6.45) is 1.17. The highest BCUT2D eigenvalue weighted by Crippen LogP contribution is 2.30. The van der Waals surface area contributed by atoms with E-state index in [2.05, 4.69) is 29.0 Å². The van der Waals surface area contributed by atoms with Crippen LogP contribution in [-0.2, 0) is 4.79 Å². The fourth-order valence-corrected chi connectivity index (χ4v) is 3.81. The Balaban J connectivity index is 1.63. The monoisotopic (exact) mass is 343 g/mol. The van der Waals surface area contributed by atoms with Gasteiger partial charge in [0.1, 0.15) is 0 Å². The summed E-state index contributed by atoms with van der Waals surface area (Å²) in [5, 5.41) is 7.90. The maximum Gasteiger partial charge on any atom is 0.319 e. The number of hydrogen-bond donors (Lipinski definition) is 2. The molecule has 24 heavy (non-hydrogen) atoms. The summed E-state index contributed by atoms with van der Waals surface area (Å²) in [6, 6.07) is 9.70. The van der Waals surface area contributed by atoms with Crippen LogP contribution in [0.2, 0.25) is 0 Å². The van der Waals surface area contributed by atoms with E-state index in [1.807, 2.05) is 24.3 Å². The first-order valence-corrected chi connectivity index (χ1v) is 8.87. The quantitative estimate of drug-likeness (QED) is 0.896. The van der Waals surface area contributed by atoms with Crippen LogP contribution in [0.15, 0.2) is 35.7 Å². The molecule has 0 saturated carbocycles. The van der Waals surface area contributed by atoms with Crippen molar-refractivity contribution >= 4 is 29.0 Å². The van der Waals surface area contributed by atoms with Gasteiger partial charge in [-0.05, 0) is 48.1 Å². The van der Waals surface area contributed by atoms with Crippen molar-refractivity contribution in [2.24, 2.45) is 0 Å². The number of rotatable bonds is 3. The molecule has 0 spiro atoms. The molecule has 0 bridgehead atoms. The topological polar surface area (TPSA) is 61.4 Å². The van der Waals surface area contributed by atoms with Crippen molar-refractivity contribution in [2.75, 3.05) is 18.9 Å². The second-order valence-electron chi connectivity index (χ2n) is 6.12. The molecule has 1 aliphatic heterocycles. The van der Waals surface area contributed by atoms with Crippen LogP contribution < -0.4 is 10.6 Å². The van der Waals surface area contributed by atoms with E-state index in [-0.39, 0.29) is 18.0 Å². The average molecular weight is 343 g/mol. The van der Waals surface area contributed by atoms with Crippen LogP contribution >= 0.6 is 11.3 Å². The summed E-state index contributed by atoms with van der Waals surface area (Å²) >= 11 is 1.69. The van der Waals surface area contributed by atoms with Gasteiger partial charge in [-0.2, -0.15) is 0 Å². The zero-order chi connectivity index (χ0) is 17.1. The molecule has 0 aliphatic carbocycles. The molecule has 2 N–H and O–H groups in total. The SMILES string of the molecule is Cc1ccsc1-c1cccc(NC(=O)NC2CCC(=O)N(C)C2)c1. The first-order chi connectivity index (χ1) is 11.5. The number of nitrogens with one attached hydrogen (secondary N) is 2. The Labute approximate surface area is 145 Å². The Morgan fingerprint density at radius 3 is 2.88 bits per heavy atom. The predicted octanol–water partition coefficient (Wildman–Crippen LogP) is 3.47. The van der Waals surface area contributed by atoms with Crippen molar-refractivity contribution in [3.63, 3.8) is 0 Å². The van der Waals surface area contributed by atoms with Gasteiger partial charge in [-0.25, -0.2) is 4.79 Å². The number of amides is 3. The number of anilines is 1. The number of likely N-dealkylation sites (N-methyl/N-ethyl adjacent to an activating group) is 1. The molecule has 1 aromatic heterocycles. The van der Waals surface area contributed by atoms with Crippen molar-refractivity contribution in [3.05, 3.63) is 41.3 Å². The molecule has 3 amide bonds. The lowest BCUT2D eigenvalue weighted by molar-refractivity contribution is -0.132. The van der Waals surface area contributed by atoms with Crippen LogP contribution in [0.25, 0.3) is 10.4 Å². The van der Waals surface area contributed by atoms with E-state index in [0.717, 1.165) is 11.3 Å². The minimum atomic E-state index is -0.234. The van der Waals surface area contributed by atoms with Gasteiger partial charge >= 0.3 is 6.03 Å². The van der Waals surface area contributed by atoms with E-state index >= 15 is 0 Å². The van der Waals surface area contributed by atoms with Gasteiger partial charge in [0.25, 0.3) is 0 Å². The van der Waals surface area contributed by atoms with Gasteiger partial charge in [0, 0.05) is 36.6 Å². The van der Waals surface area contributed by atoms with Gasteiger partial charge in [-0.1, -0.05) is 12.1 Å². The molecule has 3 rings (SSSR count). The van der Waals surface area contributed by atoms with Crippen molar-refractivity contribution in [1.82, 2.24) is 10.2 Å². The molecule has 6 heteroatoms. The van der Waals surface area contributed by atoms with Gasteiger partial charge in [0.05, 0.1) is 0 Å². The molecular weight excluding hydrogens is 322 g/mol. The second kappa shape index (κ2) is 7.05. The Bertz CT molecular complexity index is 756. The molecule has 126 valence electrons. The molecule has 2 aromatic rings. The molecule has 1 fully saturated rings. The average Bonchev–Trinajstić information content (AvgIpc) is 2.97. The highest BCUT2D eigenvalue weighted by molar-refractivity contribution is 7.13. The first kappa shape index (κ1) is 16.5. The molecule has 1 atom stereocenters. The van der Waals surface area contributed by atoms with Gasteiger partial charge in [-0.3, -0.25) is 4.79 Å². The van der Waals surface area contributed by atoms with E-state index in [1.54, 1.807) is 23.3 Å². The number of carbonyl (C=O) groups excluding carboxylic acids is 2. The number of hydrogen-bond acceptors (Lipinski definition) is 3. The standard InChI is InChI=1S/C18H21N3O2S/c1-12-8-9-24-17(12)13-4-3-5-14(10-13)19-18(23)20-15-6-7-16(22)21(2)11-15/h3-5,8-10,15H,6-7,11H2,1-2H3,(H2,19,20,23). The summed E-state index contributed by atoms with van der Waals surface area (Å²) in [6.45, 7) is 2.64. The number of nitrogens with zero attached hydrogens (tertiary/aromatic N) is 1. The predicted molar refractivity (Wildman–Crippen MR) is 97.3 cm³/mol. The van der Waals surface area contributed by atoms with Crippen LogP contribution in [0, 0.1) is 6.92 Å². The van der Waals surface area contributed by atoms with Gasteiger partial charge < -0.3 is 15.5 Å². The Hall–Kier alpha value is -2.34. The largest absolute Gasteiger partial charge is 0.344 e. The molecule has 0 radical (unpaired) electrons. The van der Waals surface area contributed by atoms with Gasteiger partial charge in [0.2, 0.25) is 5.91 Å². The summed E-state index contributed by atoms with van der Waals surface area (Å²) in [5.41, 5.74) is 3.10. The summed E-state index contributed by atoms with van der Waals surface area (Å²) < 4.78 is 0. The van der Waals surface area contributed by atoms with Crippen molar-refractivity contribution in [2.45, 2.75) is 25.8 Å². The number of piperidine rings is 1. The third-order valence-electron chi connectivity index (χ3n) is 4.21. The van der Waals surface area contributed by atoms with E-state index in [4.69, 9.17) is 0 Å². The normalized spacial score (nSPS) is 17.7. The Morgan fingerprint density at radius 1 is 1.33 bits per heavy atom. The number of thiophene rings is 1. The molecular formula is C18H21N3O2S. The maximum absolute atomic E-state index is 12.2. The van der Waals surface area contributed by atoms with Gasteiger partial charge in [-0.15, -0.1) is 11.3 Å². The van der Waals surface area contributed by atoms with Crippen molar-refractivity contribution in [3.8, 4) is 10.4 Å². The van der Waals surface area contributed by atoms with E-state index < -0.39 is 0 Å². The Morgan fingerprint density at radius 2 is 2.17 bits per heavy atom.